The van der Waals surface area contributed by atoms with Crippen molar-refractivity contribution < 1.29 is 20.1 Å². The molecule has 102 valence electrons. The molecule has 0 fully saturated rings. The van der Waals surface area contributed by atoms with Crippen molar-refractivity contribution >= 4 is 0 Å². The van der Waals surface area contributed by atoms with Gasteiger partial charge in [0, 0.05) is 18.7 Å². The zero-order valence-electron chi connectivity index (χ0n) is 10.6. The van der Waals surface area contributed by atoms with Gasteiger partial charge in [0.2, 0.25) is 0 Å². The molecule has 1 aromatic carbocycles. The minimum atomic E-state index is 0.0424. The van der Waals surface area contributed by atoms with Crippen LogP contribution in [0.4, 0.5) is 0 Å². The van der Waals surface area contributed by atoms with E-state index in [0.717, 1.165) is 18.5 Å². The highest BCUT2D eigenvalue weighted by atomic mass is 16.5. The number of aliphatic hydroxyl groups is 1. The van der Waals surface area contributed by atoms with Gasteiger partial charge >= 0.3 is 0 Å². The first kappa shape index (κ1) is 14.8. The van der Waals surface area contributed by atoms with Gasteiger partial charge in [-0.25, -0.2) is 0 Å². The summed E-state index contributed by atoms with van der Waals surface area (Å²) in [6.45, 7) is 3.75. The molecule has 1 aromatic rings. The van der Waals surface area contributed by atoms with Crippen molar-refractivity contribution in [2.24, 2.45) is 0 Å². The van der Waals surface area contributed by atoms with Gasteiger partial charge in [-0.15, -0.1) is 0 Å². The topological polar surface area (TPSA) is 82.0 Å². The summed E-state index contributed by atoms with van der Waals surface area (Å²) in [6, 6.07) is 4.60. The Morgan fingerprint density at radius 3 is 2.44 bits per heavy atom. The number of nitrogens with one attached hydrogen (secondary N) is 1. The third-order valence-electron chi connectivity index (χ3n) is 2.58. The van der Waals surface area contributed by atoms with E-state index in [0.29, 0.717) is 13.2 Å². The quantitative estimate of drug-likeness (QED) is 0.524. The molecule has 0 saturated carbocycles. The third kappa shape index (κ3) is 5.35. The lowest BCUT2D eigenvalue weighted by molar-refractivity contribution is 0.0904. The van der Waals surface area contributed by atoms with Gasteiger partial charge in [-0.05, 0) is 37.6 Å². The molecule has 1 unspecified atom stereocenters. The molecule has 1 rings (SSSR count). The Kier molecular flexibility index (Phi) is 6.49. The lowest BCUT2D eigenvalue weighted by Crippen LogP contribution is -2.21. The molecule has 0 bridgehead atoms. The van der Waals surface area contributed by atoms with Crippen LogP contribution in [0.5, 0.6) is 11.5 Å². The summed E-state index contributed by atoms with van der Waals surface area (Å²) in [5.74, 6) is 0.120. The zero-order chi connectivity index (χ0) is 13.4. The molecule has 1 atom stereocenters. The molecule has 5 heteroatoms. The minimum Gasteiger partial charge on any atom is -0.508 e. The molecule has 5 nitrogen and oxygen atoms in total. The summed E-state index contributed by atoms with van der Waals surface area (Å²) >= 11 is 0. The van der Waals surface area contributed by atoms with Gasteiger partial charge in [0.25, 0.3) is 0 Å². The number of benzene rings is 1. The van der Waals surface area contributed by atoms with Crippen LogP contribution in [0, 0.1) is 0 Å². The molecule has 0 aliphatic carbocycles. The summed E-state index contributed by atoms with van der Waals surface area (Å²) in [6.07, 6.45) is 0.842. The minimum absolute atomic E-state index is 0.0424. The maximum atomic E-state index is 9.38. The molecular formula is C13H21NO4. The first-order chi connectivity index (χ1) is 8.63. The summed E-state index contributed by atoms with van der Waals surface area (Å²) in [5.41, 5.74) is 0.837. The lowest BCUT2D eigenvalue weighted by Gasteiger charge is -2.15. The molecule has 0 aromatic heterocycles. The van der Waals surface area contributed by atoms with E-state index < -0.39 is 0 Å². The Labute approximate surface area is 107 Å². The highest BCUT2D eigenvalue weighted by molar-refractivity contribution is 5.37. The second-order valence-electron chi connectivity index (χ2n) is 4.15. The SMILES string of the molecule is CC(NCCCOCCO)c1cc(O)cc(O)c1. The Morgan fingerprint density at radius 2 is 1.83 bits per heavy atom. The molecule has 0 saturated heterocycles. The summed E-state index contributed by atoms with van der Waals surface area (Å²) in [4.78, 5) is 0. The van der Waals surface area contributed by atoms with Crippen LogP contribution in [0.1, 0.15) is 24.9 Å². The van der Waals surface area contributed by atoms with E-state index in [1.807, 2.05) is 6.92 Å². The number of hydrogen-bond acceptors (Lipinski definition) is 5. The van der Waals surface area contributed by atoms with Crippen LogP contribution in [-0.4, -0.2) is 41.7 Å². The average Bonchev–Trinajstić information content (AvgIpc) is 2.32. The molecule has 0 radical (unpaired) electrons. The number of ether oxygens (including phenoxy) is 1. The molecule has 0 aliphatic rings. The maximum Gasteiger partial charge on any atom is 0.119 e. The monoisotopic (exact) mass is 255 g/mol. The fourth-order valence-electron chi connectivity index (χ4n) is 1.65. The first-order valence-electron chi connectivity index (χ1n) is 6.08. The predicted molar refractivity (Wildman–Crippen MR) is 68.7 cm³/mol. The third-order valence-corrected chi connectivity index (χ3v) is 2.58. The summed E-state index contributed by atoms with van der Waals surface area (Å²) < 4.78 is 5.14. The summed E-state index contributed by atoms with van der Waals surface area (Å²) in [7, 11) is 0. The van der Waals surface area contributed by atoms with E-state index in [4.69, 9.17) is 9.84 Å². The molecule has 4 N–H and O–H groups in total. The second-order valence-corrected chi connectivity index (χ2v) is 4.15. The van der Waals surface area contributed by atoms with Gasteiger partial charge in [-0.3, -0.25) is 0 Å². The Hall–Kier alpha value is -1.30. The van der Waals surface area contributed by atoms with Crippen LogP contribution in [0.3, 0.4) is 0 Å². The normalized spacial score (nSPS) is 12.6. The van der Waals surface area contributed by atoms with Crippen LogP contribution >= 0.6 is 0 Å². The Balaban J connectivity index is 2.29. The van der Waals surface area contributed by atoms with Crippen LogP contribution < -0.4 is 5.32 Å². The Morgan fingerprint density at radius 1 is 1.17 bits per heavy atom. The van der Waals surface area contributed by atoms with E-state index in [2.05, 4.69) is 5.32 Å². The molecule has 0 heterocycles. The standard InChI is InChI=1S/C13H21NO4/c1-10(14-3-2-5-18-6-4-15)11-7-12(16)9-13(17)8-11/h7-10,14-17H,2-6H2,1H3. The summed E-state index contributed by atoms with van der Waals surface area (Å²) in [5, 5.41) is 30.5. The molecule has 0 spiro atoms. The average molecular weight is 255 g/mol. The van der Waals surface area contributed by atoms with E-state index in [-0.39, 0.29) is 24.1 Å². The lowest BCUT2D eigenvalue weighted by atomic mass is 10.1. The van der Waals surface area contributed by atoms with Gasteiger partial charge in [0.1, 0.15) is 11.5 Å². The first-order valence-corrected chi connectivity index (χ1v) is 6.08. The maximum absolute atomic E-state index is 9.38. The molecule has 18 heavy (non-hydrogen) atoms. The van der Waals surface area contributed by atoms with Crippen molar-refractivity contribution in [1.29, 1.82) is 0 Å². The van der Waals surface area contributed by atoms with E-state index >= 15 is 0 Å². The Bertz CT molecular complexity index is 337. The number of rotatable bonds is 8. The van der Waals surface area contributed by atoms with Crippen molar-refractivity contribution in [2.75, 3.05) is 26.4 Å². The van der Waals surface area contributed by atoms with Gasteiger partial charge in [0.15, 0.2) is 0 Å². The highest BCUT2D eigenvalue weighted by Crippen LogP contribution is 2.24. The van der Waals surface area contributed by atoms with E-state index in [9.17, 15) is 10.2 Å². The second kappa shape index (κ2) is 7.92. The molecular weight excluding hydrogens is 234 g/mol. The molecule has 0 amide bonds. The van der Waals surface area contributed by atoms with Crippen LogP contribution in [-0.2, 0) is 4.74 Å². The van der Waals surface area contributed by atoms with Crippen LogP contribution in [0.2, 0.25) is 0 Å². The highest BCUT2D eigenvalue weighted by Gasteiger charge is 2.07. The van der Waals surface area contributed by atoms with Crippen molar-refractivity contribution in [3.05, 3.63) is 23.8 Å². The van der Waals surface area contributed by atoms with Crippen molar-refractivity contribution in [2.45, 2.75) is 19.4 Å². The smallest absolute Gasteiger partial charge is 0.119 e. The van der Waals surface area contributed by atoms with Crippen molar-refractivity contribution in [3.8, 4) is 11.5 Å². The van der Waals surface area contributed by atoms with Gasteiger partial charge in [0.05, 0.1) is 13.2 Å². The van der Waals surface area contributed by atoms with Crippen LogP contribution in [0.25, 0.3) is 0 Å². The van der Waals surface area contributed by atoms with E-state index in [1.165, 1.54) is 6.07 Å². The predicted octanol–water partition coefficient (Wildman–Crippen LogP) is 1.15. The van der Waals surface area contributed by atoms with Crippen molar-refractivity contribution in [1.82, 2.24) is 5.32 Å². The van der Waals surface area contributed by atoms with Crippen LogP contribution in [0.15, 0.2) is 18.2 Å². The zero-order valence-corrected chi connectivity index (χ0v) is 10.6. The van der Waals surface area contributed by atoms with Gasteiger partial charge in [-0.2, -0.15) is 0 Å². The van der Waals surface area contributed by atoms with Crippen molar-refractivity contribution in [3.63, 3.8) is 0 Å². The van der Waals surface area contributed by atoms with Gasteiger partial charge < -0.3 is 25.4 Å². The largest absolute Gasteiger partial charge is 0.508 e. The fraction of sp³-hybridized carbons (Fsp3) is 0.538. The number of phenols is 2. The van der Waals surface area contributed by atoms with E-state index in [1.54, 1.807) is 12.1 Å². The number of aromatic hydroxyl groups is 2. The number of aliphatic hydroxyl groups excluding tert-OH is 1. The number of phenolic OH excluding ortho intramolecular Hbond substituents is 2. The fourth-order valence-corrected chi connectivity index (χ4v) is 1.65. The molecule has 0 aliphatic heterocycles. The number of hydrogen-bond donors (Lipinski definition) is 4. The van der Waals surface area contributed by atoms with Gasteiger partial charge in [-0.1, -0.05) is 0 Å².